The van der Waals surface area contributed by atoms with Crippen molar-refractivity contribution in [1.82, 2.24) is 4.90 Å². The molecule has 0 saturated heterocycles. The van der Waals surface area contributed by atoms with Crippen molar-refractivity contribution in [2.75, 3.05) is 18.5 Å². The van der Waals surface area contributed by atoms with E-state index >= 15 is 0 Å². The zero-order chi connectivity index (χ0) is 17.4. The number of amides is 1. The minimum Gasteiger partial charge on any atom is -0.491 e. The fourth-order valence-electron chi connectivity index (χ4n) is 3.43. The van der Waals surface area contributed by atoms with E-state index in [1.807, 2.05) is 41.3 Å². The molecule has 0 aromatic heterocycles. The molecule has 2 N–H and O–H groups in total. The van der Waals surface area contributed by atoms with Gasteiger partial charge in [-0.2, -0.15) is 0 Å². The van der Waals surface area contributed by atoms with Crippen molar-refractivity contribution in [2.24, 2.45) is 0 Å². The van der Waals surface area contributed by atoms with Crippen molar-refractivity contribution < 1.29 is 14.6 Å². The van der Waals surface area contributed by atoms with Crippen LogP contribution < -0.4 is 10.1 Å². The average Bonchev–Trinajstić information content (AvgIpc) is 2.92. The van der Waals surface area contributed by atoms with Crippen molar-refractivity contribution in [3.63, 3.8) is 0 Å². The number of rotatable bonds is 2. The van der Waals surface area contributed by atoms with Gasteiger partial charge in [-0.15, -0.1) is 0 Å². The lowest BCUT2D eigenvalue weighted by Gasteiger charge is -2.23. The van der Waals surface area contributed by atoms with Gasteiger partial charge < -0.3 is 20.1 Å². The minimum absolute atomic E-state index is 0.0263. The topological polar surface area (TPSA) is 61.8 Å². The molecular formula is C19H19ClN2O3. The second-order valence-electron chi connectivity index (χ2n) is 6.41. The van der Waals surface area contributed by atoms with Gasteiger partial charge in [-0.1, -0.05) is 17.7 Å². The van der Waals surface area contributed by atoms with Crippen LogP contribution >= 0.6 is 11.6 Å². The number of carbonyl (C=O) groups excluding carboxylic acids is 1. The Balaban J connectivity index is 1.53. The highest BCUT2D eigenvalue weighted by Gasteiger charge is 2.31. The molecule has 0 saturated carbocycles. The predicted octanol–water partition coefficient (Wildman–Crippen LogP) is 2.59. The molecule has 2 aromatic carbocycles. The van der Waals surface area contributed by atoms with E-state index in [-0.39, 0.29) is 18.6 Å². The lowest BCUT2D eigenvalue weighted by Crippen LogP contribution is -2.42. The number of benzene rings is 2. The third-order valence-corrected chi connectivity index (χ3v) is 4.95. The molecular weight excluding hydrogens is 340 g/mol. The third-order valence-electron chi connectivity index (χ3n) is 4.72. The Bertz CT molecular complexity index is 824. The van der Waals surface area contributed by atoms with Crippen LogP contribution in [0.3, 0.4) is 0 Å². The second-order valence-corrected chi connectivity index (χ2v) is 6.85. The summed E-state index contributed by atoms with van der Waals surface area (Å²) in [6, 6.07) is 11.0. The highest BCUT2D eigenvalue weighted by Crippen LogP contribution is 2.30. The largest absolute Gasteiger partial charge is 0.491 e. The maximum atomic E-state index is 13.0. The summed E-state index contributed by atoms with van der Waals surface area (Å²) in [5, 5.41) is 13.3. The van der Waals surface area contributed by atoms with E-state index < -0.39 is 0 Å². The number of carbonyl (C=O) groups is 1. The number of aliphatic hydroxyl groups excluding tert-OH is 1. The average molecular weight is 359 g/mol. The number of nitrogens with one attached hydrogen (secondary N) is 1. The quantitative estimate of drug-likeness (QED) is 0.866. The zero-order valence-corrected chi connectivity index (χ0v) is 14.4. The molecule has 1 atom stereocenters. The van der Waals surface area contributed by atoms with E-state index in [1.165, 1.54) is 0 Å². The molecule has 0 fully saturated rings. The lowest BCUT2D eigenvalue weighted by molar-refractivity contribution is -0.132. The molecule has 0 bridgehead atoms. The lowest BCUT2D eigenvalue weighted by atomic mass is 10.1. The fraction of sp³-hybridized carbons (Fsp3) is 0.316. The summed E-state index contributed by atoms with van der Waals surface area (Å²) in [6.07, 6.45) is 0.635. The Morgan fingerprint density at radius 1 is 1.28 bits per heavy atom. The maximum Gasteiger partial charge on any atom is 0.245 e. The van der Waals surface area contributed by atoms with Gasteiger partial charge in [0.15, 0.2) is 0 Å². The molecule has 1 amide bonds. The van der Waals surface area contributed by atoms with Gasteiger partial charge in [-0.3, -0.25) is 4.79 Å². The first-order chi connectivity index (χ1) is 12.1. The molecule has 0 radical (unpaired) electrons. The Kier molecular flexibility index (Phi) is 4.27. The first-order valence-corrected chi connectivity index (χ1v) is 8.71. The summed E-state index contributed by atoms with van der Waals surface area (Å²) in [6.45, 7) is 1.46. The van der Waals surface area contributed by atoms with Gasteiger partial charge in [0.05, 0.1) is 13.2 Å². The van der Waals surface area contributed by atoms with Gasteiger partial charge in [0.1, 0.15) is 18.4 Å². The maximum absolute atomic E-state index is 13.0. The number of hydrogen-bond acceptors (Lipinski definition) is 4. The Morgan fingerprint density at radius 2 is 2.16 bits per heavy atom. The predicted molar refractivity (Wildman–Crippen MR) is 95.8 cm³/mol. The van der Waals surface area contributed by atoms with Crippen LogP contribution in [0.5, 0.6) is 5.75 Å². The summed E-state index contributed by atoms with van der Waals surface area (Å²) in [7, 11) is 0. The summed E-state index contributed by atoms with van der Waals surface area (Å²) in [4.78, 5) is 14.8. The zero-order valence-electron chi connectivity index (χ0n) is 13.7. The molecule has 2 aromatic rings. The number of aliphatic hydroxyl groups is 1. The molecule has 6 heteroatoms. The summed E-state index contributed by atoms with van der Waals surface area (Å²) < 4.78 is 5.76. The number of nitrogens with zero attached hydrogens (tertiary/aromatic N) is 1. The Hall–Kier alpha value is -2.24. The Morgan fingerprint density at radius 3 is 3.00 bits per heavy atom. The standard InChI is InChI=1S/C19H19ClN2O3/c20-15-2-3-16-13(8-15)9-17(21-16)19(24)22-5-6-25-18-4-1-12(11-23)7-14(18)10-22/h1-4,7-8,17,21,23H,5-6,9-11H2/t17-/m1/s1. The van der Waals surface area contributed by atoms with Gasteiger partial charge in [0, 0.05) is 29.2 Å². The smallest absolute Gasteiger partial charge is 0.245 e. The van der Waals surface area contributed by atoms with Crippen LogP contribution in [-0.4, -0.2) is 35.1 Å². The van der Waals surface area contributed by atoms with Crippen LogP contribution in [-0.2, 0) is 24.4 Å². The number of fused-ring (bicyclic) bond motifs is 2. The molecule has 2 aliphatic heterocycles. The Labute approximate surface area is 151 Å². The molecule has 2 aliphatic rings. The summed E-state index contributed by atoms with van der Waals surface area (Å²) in [5.41, 5.74) is 3.78. The van der Waals surface area contributed by atoms with E-state index in [0.717, 1.165) is 28.1 Å². The van der Waals surface area contributed by atoms with Gasteiger partial charge in [0.25, 0.3) is 0 Å². The van der Waals surface area contributed by atoms with E-state index in [1.54, 1.807) is 0 Å². The van der Waals surface area contributed by atoms with E-state index in [0.29, 0.717) is 31.1 Å². The number of halogens is 1. The van der Waals surface area contributed by atoms with E-state index in [9.17, 15) is 9.90 Å². The van der Waals surface area contributed by atoms with Crippen LogP contribution in [0.1, 0.15) is 16.7 Å². The van der Waals surface area contributed by atoms with Crippen molar-refractivity contribution in [3.8, 4) is 5.75 Å². The first kappa shape index (κ1) is 16.2. The third kappa shape index (κ3) is 3.17. The monoisotopic (exact) mass is 358 g/mol. The van der Waals surface area contributed by atoms with Crippen LogP contribution in [0.4, 0.5) is 5.69 Å². The fourth-order valence-corrected chi connectivity index (χ4v) is 3.63. The van der Waals surface area contributed by atoms with Crippen LogP contribution in [0.25, 0.3) is 0 Å². The normalized spacial score (nSPS) is 18.6. The van der Waals surface area contributed by atoms with Gasteiger partial charge in [0.2, 0.25) is 5.91 Å². The van der Waals surface area contributed by atoms with Crippen LogP contribution in [0.15, 0.2) is 36.4 Å². The molecule has 4 rings (SSSR count). The molecule has 0 spiro atoms. The van der Waals surface area contributed by atoms with Crippen molar-refractivity contribution >= 4 is 23.2 Å². The van der Waals surface area contributed by atoms with Gasteiger partial charge >= 0.3 is 0 Å². The molecule has 0 aliphatic carbocycles. The van der Waals surface area contributed by atoms with Gasteiger partial charge in [-0.25, -0.2) is 0 Å². The van der Waals surface area contributed by atoms with Crippen molar-refractivity contribution in [2.45, 2.75) is 25.6 Å². The second kappa shape index (κ2) is 6.58. The molecule has 0 unspecified atom stereocenters. The van der Waals surface area contributed by atoms with Crippen LogP contribution in [0.2, 0.25) is 5.02 Å². The first-order valence-electron chi connectivity index (χ1n) is 8.33. The minimum atomic E-state index is -0.281. The van der Waals surface area contributed by atoms with Gasteiger partial charge in [-0.05, 0) is 41.5 Å². The highest BCUT2D eigenvalue weighted by molar-refractivity contribution is 6.30. The SMILES string of the molecule is O=C([C@H]1Cc2cc(Cl)ccc2N1)N1CCOc2ccc(CO)cc2C1. The molecule has 2 heterocycles. The summed E-state index contributed by atoms with van der Waals surface area (Å²) >= 11 is 6.05. The number of ether oxygens (including phenoxy) is 1. The van der Waals surface area contributed by atoms with Crippen molar-refractivity contribution in [1.29, 1.82) is 0 Å². The molecule has 5 nitrogen and oxygen atoms in total. The number of anilines is 1. The molecule has 130 valence electrons. The summed E-state index contributed by atoms with van der Waals surface area (Å²) in [5.74, 6) is 0.833. The molecule has 25 heavy (non-hydrogen) atoms. The van der Waals surface area contributed by atoms with E-state index in [2.05, 4.69) is 5.32 Å². The highest BCUT2D eigenvalue weighted by atomic mass is 35.5. The van der Waals surface area contributed by atoms with Crippen molar-refractivity contribution in [3.05, 3.63) is 58.1 Å². The van der Waals surface area contributed by atoms with E-state index in [4.69, 9.17) is 16.3 Å². The van der Waals surface area contributed by atoms with Crippen LogP contribution in [0, 0.1) is 0 Å². The number of hydrogen-bond donors (Lipinski definition) is 2.